The molecule has 2 N–H and O–H groups in total. The summed E-state index contributed by atoms with van der Waals surface area (Å²) in [5, 5.41) is 9.84. The van der Waals surface area contributed by atoms with Crippen molar-refractivity contribution in [3.63, 3.8) is 0 Å². The summed E-state index contributed by atoms with van der Waals surface area (Å²) >= 11 is 6.46. The molecule has 0 atom stereocenters. The maximum atomic E-state index is 12.0. The highest BCUT2D eigenvalue weighted by atomic mass is 35.5. The van der Waals surface area contributed by atoms with Crippen LogP contribution in [0.25, 0.3) is 0 Å². The molecular weight excluding hydrogens is 326 g/mol. The average molecular weight is 334 g/mol. The maximum Gasteiger partial charge on any atom is 0.292 e. The van der Waals surface area contributed by atoms with Crippen LogP contribution >= 0.6 is 22.9 Å². The van der Waals surface area contributed by atoms with Gasteiger partial charge in [0, 0.05) is 24.2 Å². The van der Waals surface area contributed by atoms with Crippen molar-refractivity contribution >= 4 is 49.8 Å². The summed E-state index contributed by atoms with van der Waals surface area (Å²) in [7, 11) is -3.92. The second-order valence-electron chi connectivity index (χ2n) is 3.52. The lowest BCUT2D eigenvalue weighted by Crippen LogP contribution is -2.13. The van der Waals surface area contributed by atoms with Crippen molar-refractivity contribution in [2.24, 2.45) is 0 Å². The fourth-order valence-electron chi connectivity index (χ4n) is 1.16. The Morgan fingerprint density at radius 3 is 2.80 bits per heavy atom. The number of anilines is 2. The SMILES string of the molecule is CC(=O)Nc1nnc(S(=O)(=O)Nc2cc(Cl)ccn2)s1. The van der Waals surface area contributed by atoms with E-state index in [0.29, 0.717) is 5.02 Å². The highest BCUT2D eigenvalue weighted by Crippen LogP contribution is 2.22. The Morgan fingerprint density at radius 1 is 1.40 bits per heavy atom. The normalized spacial score (nSPS) is 11.1. The van der Waals surface area contributed by atoms with E-state index in [0.717, 1.165) is 11.3 Å². The summed E-state index contributed by atoms with van der Waals surface area (Å²) in [5.41, 5.74) is 0. The van der Waals surface area contributed by atoms with Gasteiger partial charge in [-0.05, 0) is 6.07 Å². The molecule has 0 saturated carbocycles. The van der Waals surface area contributed by atoms with Crippen molar-refractivity contribution in [2.75, 3.05) is 10.0 Å². The zero-order chi connectivity index (χ0) is 14.8. The van der Waals surface area contributed by atoms with E-state index in [2.05, 4.69) is 25.2 Å². The zero-order valence-electron chi connectivity index (χ0n) is 9.99. The molecule has 0 radical (unpaired) electrons. The van der Waals surface area contributed by atoms with Gasteiger partial charge in [-0.1, -0.05) is 22.9 Å². The summed E-state index contributed by atoms with van der Waals surface area (Å²) < 4.78 is 26.0. The molecule has 0 unspecified atom stereocenters. The quantitative estimate of drug-likeness (QED) is 0.816. The molecule has 11 heteroatoms. The first-order valence-corrected chi connectivity index (χ1v) is 7.80. The smallest absolute Gasteiger partial charge is 0.292 e. The van der Waals surface area contributed by atoms with Crippen molar-refractivity contribution in [3.8, 4) is 0 Å². The van der Waals surface area contributed by atoms with Crippen LogP contribution in [0.15, 0.2) is 22.7 Å². The van der Waals surface area contributed by atoms with E-state index in [1.54, 1.807) is 0 Å². The number of nitrogens with one attached hydrogen (secondary N) is 2. The largest absolute Gasteiger partial charge is 0.301 e. The number of halogens is 1. The molecular formula is C9H8ClN5O3S2. The van der Waals surface area contributed by atoms with Gasteiger partial charge in [0.15, 0.2) is 0 Å². The topological polar surface area (TPSA) is 114 Å². The van der Waals surface area contributed by atoms with Gasteiger partial charge in [-0.15, -0.1) is 10.2 Å². The van der Waals surface area contributed by atoms with Crippen LogP contribution in [-0.2, 0) is 14.8 Å². The molecule has 0 aliphatic carbocycles. The molecule has 2 heterocycles. The van der Waals surface area contributed by atoms with Crippen LogP contribution in [-0.4, -0.2) is 29.5 Å². The minimum Gasteiger partial charge on any atom is -0.301 e. The predicted molar refractivity (Wildman–Crippen MR) is 74.3 cm³/mol. The summed E-state index contributed by atoms with van der Waals surface area (Å²) in [5.74, 6) is -0.302. The summed E-state index contributed by atoms with van der Waals surface area (Å²) in [6.45, 7) is 1.28. The van der Waals surface area contributed by atoms with Crippen molar-refractivity contribution in [2.45, 2.75) is 11.3 Å². The Labute approximate surface area is 123 Å². The average Bonchev–Trinajstić information content (AvgIpc) is 2.76. The lowest BCUT2D eigenvalue weighted by Gasteiger charge is -2.03. The molecule has 0 aliphatic rings. The monoisotopic (exact) mass is 333 g/mol. The molecule has 0 bridgehead atoms. The Hall–Kier alpha value is -1.78. The number of aromatic nitrogens is 3. The van der Waals surface area contributed by atoms with Gasteiger partial charge in [-0.2, -0.15) is 8.42 Å². The standard InChI is InChI=1S/C9H8ClN5O3S2/c1-5(16)12-8-13-14-9(19-8)20(17,18)15-7-4-6(10)2-3-11-7/h2-4H,1H3,(H,11,15)(H,12,13,16). The predicted octanol–water partition coefficient (Wildman–Crippen LogP) is 1.35. The van der Waals surface area contributed by atoms with Gasteiger partial charge in [0.2, 0.25) is 11.0 Å². The number of carbonyl (C=O) groups is 1. The Balaban J connectivity index is 2.22. The number of carbonyl (C=O) groups excluding carboxylic acids is 1. The molecule has 0 spiro atoms. The van der Waals surface area contributed by atoms with Gasteiger partial charge >= 0.3 is 0 Å². The molecule has 8 nitrogen and oxygen atoms in total. The zero-order valence-corrected chi connectivity index (χ0v) is 12.4. The van der Waals surface area contributed by atoms with Crippen molar-refractivity contribution in [3.05, 3.63) is 23.4 Å². The Morgan fingerprint density at radius 2 is 2.15 bits per heavy atom. The maximum absolute atomic E-state index is 12.0. The number of sulfonamides is 1. The number of pyridine rings is 1. The second-order valence-corrected chi connectivity index (χ2v) is 6.79. The minimum atomic E-state index is -3.92. The first-order valence-electron chi connectivity index (χ1n) is 5.12. The highest BCUT2D eigenvalue weighted by Gasteiger charge is 2.21. The van der Waals surface area contributed by atoms with Crippen LogP contribution in [0, 0.1) is 0 Å². The first kappa shape index (κ1) is 14.6. The fraction of sp³-hybridized carbons (Fsp3) is 0.111. The minimum absolute atomic E-state index is 0.0637. The number of amides is 1. The molecule has 0 saturated heterocycles. The van der Waals surface area contributed by atoms with Gasteiger partial charge in [0.05, 0.1) is 0 Å². The van der Waals surface area contributed by atoms with Crippen LogP contribution in [0.5, 0.6) is 0 Å². The van der Waals surface area contributed by atoms with E-state index in [-0.39, 0.29) is 21.2 Å². The fourth-order valence-corrected chi connectivity index (χ4v) is 3.27. The molecule has 20 heavy (non-hydrogen) atoms. The Bertz CT molecular complexity index is 746. The Kier molecular flexibility index (Phi) is 4.16. The van der Waals surface area contributed by atoms with Crippen molar-refractivity contribution in [1.82, 2.24) is 15.2 Å². The number of rotatable bonds is 4. The lowest BCUT2D eigenvalue weighted by atomic mass is 10.5. The van der Waals surface area contributed by atoms with Gasteiger partial charge in [0.25, 0.3) is 14.4 Å². The molecule has 2 aromatic heterocycles. The highest BCUT2D eigenvalue weighted by molar-refractivity contribution is 7.94. The number of hydrogen-bond donors (Lipinski definition) is 2. The number of hydrogen-bond acceptors (Lipinski definition) is 7. The van der Waals surface area contributed by atoms with Crippen LogP contribution in [0.3, 0.4) is 0 Å². The molecule has 2 aromatic rings. The van der Waals surface area contributed by atoms with Crippen LogP contribution in [0.1, 0.15) is 6.92 Å². The third-order valence-corrected chi connectivity index (χ3v) is 4.68. The molecule has 106 valence electrons. The van der Waals surface area contributed by atoms with Crippen LogP contribution in [0.4, 0.5) is 10.9 Å². The molecule has 0 aromatic carbocycles. The van der Waals surface area contributed by atoms with Gasteiger partial charge in [0.1, 0.15) is 5.82 Å². The summed E-state index contributed by atoms with van der Waals surface area (Å²) in [6, 6.07) is 2.87. The molecule has 1 amide bonds. The van der Waals surface area contributed by atoms with Gasteiger partial charge in [-0.25, -0.2) is 4.98 Å². The van der Waals surface area contributed by atoms with Crippen molar-refractivity contribution in [1.29, 1.82) is 0 Å². The molecule has 0 aliphatic heterocycles. The van der Waals surface area contributed by atoms with E-state index in [1.165, 1.54) is 25.3 Å². The van der Waals surface area contributed by atoms with Crippen LogP contribution < -0.4 is 10.0 Å². The van der Waals surface area contributed by atoms with E-state index in [9.17, 15) is 13.2 Å². The first-order chi connectivity index (χ1) is 9.37. The van der Waals surface area contributed by atoms with E-state index < -0.39 is 10.0 Å². The van der Waals surface area contributed by atoms with Crippen LogP contribution in [0.2, 0.25) is 5.02 Å². The van der Waals surface area contributed by atoms with E-state index in [1.807, 2.05) is 0 Å². The summed E-state index contributed by atoms with van der Waals surface area (Å²) in [6.07, 6.45) is 1.36. The third kappa shape index (κ3) is 3.62. The van der Waals surface area contributed by atoms with Crippen molar-refractivity contribution < 1.29 is 13.2 Å². The number of nitrogens with zero attached hydrogens (tertiary/aromatic N) is 3. The second kappa shape index (κ2) is 5.69. The lowest BCUT2D eigenvalue weighted by molar-refractivity contribution is -0.114. The molecule has 0 fully saturated rings. The molecule has 2 rings (SSSR count). The third-order valence-electron chi connectivity index (χ3n) is 1.88. The van der Waals surface area contributed by atoms with E-state index >= 15 is 0 Å². The van der Waals surface area contributed by atoms with Gasteiger partial charge in [-0.3, -0.25) is 9.52 Å². The summed E-state index contributed by atoms with van der Waals surface area (Å²) in [4.78, 5) is 14.7. The van der Waals surface area contributed by atoms with E-state index in [4.69, 9.17) is 11.6 Å². The van der Waals surface area contributed by atoms with Gasteiger partial charge < -0.3 is 5.32 Å².